The van der Waals surface area contributed by atoms with Crippen LogP contribution in [-0.4, -0.2) is 56.5 Å². The van der Waals surface area contributed by atoms with Gasteiger partial charge in [0.2, 0.25) is 0 Å². The number of carbonyl (C=O) groups is 2. The second-order valence-electron chi connectivity index (χ2n) is 9.98. The number of rotatable bonds is 6. The molecule has 4 heterocycles. The van der Waals surface area contributed by atoms with E-state index >= 15 is 0 Å². The van der Waals surface area contributed by atoms with Gasteiger partial charge in [0.05, 0.1) is 35.5 Å². The van der Waals surface area contributed by atoms with Gasteiger partial charge in [0.15, 0.2) is 5.82 Å². The molecule has 1 aliphatic heterocycles. The number of aryl methyl sites for hydroxylation is 1. The largest absolute Gasteiger partial charge is 0.494 e. The van der Waals surface area contributed by atoms with Crippen LogP contribution in [0.15, 0.2) is 84.8 Å². The Morgan fingerprint density at radius 1 is 1.00 bits per heavy atom. The lowest BCUT2D eigenvalue weighted by atomic mass is 9.88. The first kappa shape index (κ1) is 26.2. The van der Waals surface area contributed by atoms with Crippen molar-refractivity contribution in [3.05, 3.63) is 113 Å². The van der Waals surface area contributed by atoms with E-state index in [1.165, 1.54) is 31.6 Å². The molecule has 8 nitrogen and oxygen atoms in total. The number of likely N-dealkylation sites (tertiary alicyclic amines) is 1. The molecule has 9 heteroatoms. The number of nitrogens with one attached hydrogen (secondary N) is 1. The van der Waals surface area contributed by atoms with E-state index in [1.807, 2.05) is 49.4 Å². The van der Waals surface area contributed by atoms with Gasteiger partial charge in [-0.15, -0.1) is 0 Å². The number of ketones is 1. The predicted octanol–water partition coefficient (Wildman–Crippen LogP) is 5.51. The number of halogens is 1. The summed E-state index contributed by atoms with van der Waals surface area (Å²) in [7, 11) is 1.50. The highest BCUT2D eigenvalue weighted by Crippen LogP contribution is 2.34. The van der Waals surface area contributed by atoms with Gasteiger partial charge in [-0.1, -0.05) is 48.0 Å². The van der Waals surface area contributed by atoms with Gasteiger partial charge >= 0.3 is 0 Å². The molecule has 2 aromatic carbocycles. The number of pyridine rings is 1. The second-order valence-corrected chi connectivity index (χ2v) is 9.98. The number of hydrogen-bond donors (Lipinski definition) is 1. The van der Waals surface area contributed by atoms with Crippen LogP contribution in [0.3, 0.4) is 0 Å². The lowest BCUT2D eigenvalue weighted by Crippen LogP contribution is -2.40. The molecule has 1 amide bonds. The van der Waals surface area contributed by atoms with E-state index in [4.69, 9.17) is 4.74 Å². The van der Waals surface area contributed by atoms with Crippen molar-refractivity contribution in [2.45, 2.75) is 19.8 Å². The molecule has 1 saturated heterocycles. The third-order valence-electron chi connectivity index (χ3n) is 7.44. The summed E-state index contributed by atoms with van der Waals surface area (Å²) in [5, 5.41) is 4.91. The summed E-state index contributed by atoms with van der Waals surface area (Å²) < 4.78 is 21.3. The number of fused-ring (bicyclic) bond motifs is 1. The van der Waals surface area contributed by atoms with Crippen LogP contribution in [0.5, 0.6) is 5.75 Å². The Hall–Kier alpha value is -5.05. The highest BCUT2D eigenvalue weighted by Gasteiger charge is 2.30. The maximum Gasteiger partial charge on any atom is 0.295 e. The Balaban J connectivity index is 1.29. The average Bonchev–Trinajstić information content (AvgIpc) is 3.64. The van der Waals surface area contributed by atoms with Crippen molar-refractivity contribution in [3.63, 3.8) is 0 Å². The molecule has 1 aliphatic rings. The molecule has 0 atom stereocenters. The number of Topliss-reactive ketones (excluding diaryl/α,β-unsaturated/α-hetero) is 1. The van der Waals surface area contributed by atoms with Crippen molar-refractivity contribution in [2.24, 2.45) is 0 Å². The number of amides is 1. The van der Waals surface area contributed by atoms with Crippen LogP contribution in [-0.2, 0) is 4.79 Å². The molecular formula is C32H28FN5O3. The first-order chi connectivity index (χ1) is 19.9. The number of aromatic amines is 1. The van der Waals surface area contributed by atoms with E-state index in [0.29, 0.717) is 48.4 Å². The number of ether oxygens (including phenoxy) is 1. The van der Waals surface area contributed by atoms with E-state index in [9.17, 15) is 14.0 Å². The highest BCUT2D eigenvalue weighted by atomic mass is 19.1. The lowest BCUT2D eigenvalue weighted by Gasteiger charge is -2.30. The highest BCUT2D eigenvalue weighted by molar-refractivity contribution is 6.45. The molecule has 0 radical (unpaired) electrons. The van der Waals surface area contributed by atoms with Crippen molar-refractivity contribution in [1.82, 2.24) is 24.6 Å². The molecule has 0 unspecified atom stereocenters. The van der Waals surface area contributed by atoms with Gasteiger partial charge in [0, 0.05) is 25.5 Å². The van der Waals surface area contributed by atoms with Gasteiger partial charge in [-0.05, 0) is 54.7 Å². The van der Waals surface area contributed by atoms with Crippen molar-refractivity contribution in [3.8, 4) is 11.6 Å². The minimum Gasteiger partial charge on any atom is -0.494 e. The molecule has 0 saturated carbocycles. The fourth-order valence-corrected chi connectivity index (χ4v) is 5.46. The Kier molecular flexibility index (Phi) is 6.93. The lowest BCUT2D eigenvalue weighted by molar-refractivity contribution is -0.126. The molecule has 0 bridgehead atoms. The summed E-state index contributed by atoms with van der Waals surface area (Å²) in [6, 6.07) is 18.3. The van der Waals surface area contributed by atoms with Gasteiger partial charge in [-0.25, -0.2) is 14.1 Å². The molecular weight excluding hydrogens is 521 g/mol. The van der Waals surface area contributed by atoms with Crippen LogP contribution < -0.4 is 4.74 Å². The number of piperidine rings is 1. The maximum absolute atomic E-state index is 14.2. The third-order valence-corrected chi connectivity index (χ3v) is 7.44. The third kappa shape index (κ3) is 4.91. The topological polar surface area (TPSA) is 93.1 Å². The SMILES string of the molecule is COc1cnc(-n2ccc(C)n2)c2[nH]cc(C(=O)C(=O)N3CCC(=C(c4ccccc4)c4cccc(F)c4)CC3)c12. The molecule has 1 fully saturated rings. The fourth-order valence-electron chi connectivity index (χ4n) is 5.46. The molecule has 1 N–H and O–H groups in total. The van der Waals surface area contributed by atoms with E-state index in [0.717, 1.165) is 28.0 Å². The van der Waals surface area contributed by atoms with Crippen LogP contribution >= 0.6 is 0 Å². The van der Waals surface area contributed by atoms with Gasteiger partial charge in [0.1, 0.15) is 11.6 Å². The quantitative estimate of drug-likeness (QED) is 0.223. The Morgan fingerprint density at radius 3 is 2.44 bits per heavy atom. The number of benzene rings is 2. The number of aromatic nitrogens is 4. The predicted molar refractivity (Wildman–Crippen MR) is 154 cm³/mol. The van der Waals surface area contributed by atoms with E-state index < -0.39 is 11.7 Å². The minimum absolute atomic E-state index is 0.223. The number of nitrogens with zero attached hydrogens (tertiary/aromatic N) is 4. The molecule has 5 aromatic rings. The summed E-state index contributed by atoms with van der Waals surface area (Å²) in [6.07, 6.45) is 5.98. The Bertz CT molecular complexity index is 1790. The smallest absolute Gasteiger partial charge is 0.295 e. The fraction of sp³-hybridized carbons (Fsp3) is 0.188. The van der Waals surface area contributed by atoms with E-state index in [2.05, 4.69) is 15.1 Å². The van der Waals surface area contributed by atoms with E-state index in [-0.39, 0.29) is 11.4 Å². The maximum atomic E-state index is 14.2. The van der Waals surface area contributed by atoms with E-state index in [1.54, 1.807) is 21.8 Å². The zero-order valence-electron chi connectivity index (χ0n) is 22.7. The number of H-pyrrole nitrogens is 1. The van der Waals surface area contributed by atoms with Gasteiger partial charge in [-0.2, -0.15) is 5.10 Å². The summed E-state index contributed by atoms with van der Waals surface area (Å²) in [5.74, 6) is -0.614. The standard InChI is InChI=1S/C32H28FN5O3/c1-20-11-16-38(36-20)31-29-28(26(41-2)19-35-31)25(18-34-29)30(39)32(40)37-14-12-22(13-15-37)27(21-7-4-3-5-8-21)23-9-6-10-24(33)17-23/h3-11,16-19,34H,12-15H2,1-2H3. The van der Waals surface area contributed by atoms with Gasteiger partial charge in [-0.3, -0.25) is 9.59 Å². The number of methoxy groups -OCH3 is 1. The normalized spacial score (nSPS) is 13.4. The molecule has 0 aliphatic carbocycles. The Morgan fingerprint density at radius 2 is 1.76 bits per heavy atom. The van der Waals surface area contributed by atoms with Crippen LogP contribution in [0.25, 0.3) is 22.3 Å². The summed E-state index contributed by atoms with van der Waals surface area (Å²) in [4.78, 5) is 36.2. The minimum atomic E-state index is -0.621. The van der Waals surface area contributed by atoms with Crippen molar-refractivity contribution >= 4 is 28.2 Å². The number of hydrogen-bond acceptors (Lipinski definition) is 5. The van der Waals surface area contributed by atoms with Crippen LogP contribution in [0.1, 0.15) is 40.0 Å². The van der Waals surface area contributed by atoms with Crippen LogP contribution in [0.2, 0.25) is 0 Å². The zero-order chi connectivity index (χ0) is 28.5. The van der Waals surface area contributed by atoms with Crippen LogP contribution in [0.4, 0.5) is 4.39 Å². The average molecular weight is 550 g/mol. The van der Waals surface area contributed by atoms with Gasteiger partial charge in [0.25, 0.3) is 11.7 Å². The first-order valence-corrected chi connectivity index (χ1v) is 13.4. The van der Waals surface area contributed by atoms with Gasteiger partial charge < -0.3 is 14.6 Å². The molecule has 41 heavy (non-hydrogen) atoms. The molecule has 206 valence electrons. The van der Waals surface area contributed by atoms with Crippen molar-refractivity contribution < 1.29 is 18.7 Å². The van der Waals surface area contributed by atoms with Crippen molar-refractivity contribution in [1.29, 1.82) is 0 Å². The first-order valence-electron chi connectivity index (χ1n) is 13.4. The number of carbonyl (C=O) groups excluding carboxylic acids is 2. The molecule has 0 spiro atoms. The Labute approximate surface area is 236 Å². The molecule has 3 aromatic heterocycles. The van der Waals surface area contributed by atoms with Crippen LogP contribution in [0, 0.1) is 12.7 Å². The molecule has 6 rings (SSSR count). The monoisotopic (exact) mass is 549 g/mol. The summed E-state index contributed by atoms with van der Waals surface area (Å²) in [6.45, 7) is 2.63. The zero-order valence-corrected chi connectivity index (χ0v) is 22.7. The summed E-state index contributed by atoms with van der Waals surface area (Å²) in [5.41, 5.74) is 5.48. The van der Waals surface area contributed by atoms with Crippen molar-refractivity contribution in [2.75, 3.05) is 20.2 Å². The second kappa shape index (κ2) is 10.8. The summed E-state index contributed by atoms with van der Waals surface area (Å²) >= 11 is 0.